The van der Waals surface area contributed by atoms with Crippen molar-refractivity contribution in [3.8, 4) is 17.2 Å². The lowest BCUT2D eigenvalue weighted by atomic mass is 10.1. The first-order valence-electron chi connectivity index (χ1n) is 7.88. The highest BCUT2D eigenvalue weighted by molar-refractivity contribution is 7.62. The van der Waals surface area contributed by atoms with Gasteiger partial charge in [0.2, 0.25) is 0 Å². The molecule has 0 atom stereocenters. The lowest BCUT2D eigenvalue weighted by Crippen LogP contribution is -2.17. The predicted octanol–water partition coefficient (Wildman–Crippen LogP) is 3.14. The summed E-state index contributed by atoms with van der Waals surface area (Å²) in [6.07, 6.45) is 1.93. The van der Waals surface area contributed by atoms with Crippen molar-refractivity contribution in [1.82, 2.24) is 0 Å². The van der Waals surface area contributed by atoms with Crippen molar-refractivity contribution in [3.63, 3.8) is 0 Å². The Morgan fingerprint density at radius 3 is 2.07 bits per heavy atom. The van der Waals surface area contributed by atoms with Gasteiger partial charge in [-0.25, -0.2) is 9.59 Å². The third kappa shape index (κ3) is 4.14. The topological polar surface area (TPSA) is 97.4 Å². The first-order chi connectivity index (χ1) is 13.3. The highest BCUT2D eigenvalue weighted by atomic mass is 31.2. The molecule has 0 bridgehead atoms. The molecule has 0 fully saturated rings. The van der Waals surface area contributed by atoms with E-state index in [0.717, 1.165) is 12.2 Å². The van der Waals surface area contributed by atoms with Crippen LogP contribution >= 0.6 is 7.60 Å². The molecule has 0 radical (unpaired) electrons. The van der Waals surface area contributed by atoms with Crippen molar-refractivity contribution in [2.75, 3.05) is 21.3 Å². The van der Waals surface area contributed by atoms with Gasteiger partial charge >= 0.3 is 19.5 Å². The molecule has 2 aromatic rings. The molecule has 0 spiro atoms. The van der Waals surface area contributed by atoms with Crippen LogP contribution in [0.2, 0.25) is 0 Å². The Bertz CT molecular complexity index is 987. The molecule has 2 aromatic carbocycles. The predicted molar refractivity (Wildman–Crippen MR) is 103 cm³/mol. The van der Waals surface area contributed by atoms with Gasteiger partial charge in [-0.3, -0.25) is 4.57 Å². The van der Waals surface area contributed by atoms with Gasteiger partial charge in [0, 0.05) is 43.2 Å². The summed E-state index contributed by atoms with van der Waals surface area (Å²) in [5.41, 5.74) is 0. The molecule has 0 aliphatic carbocycles. The van der Waals surface area contributed by atoms with Crippen LogP contribution in [0, 0.1) is 0 Å². The molecule has 0 N–H and O–H groups in total. The number of hydrogen-bond donors (Lipinski definition) is 0. The number of rotatable bonds is 8. The van der Waals surface area contributed by atoms with Gasteiger partial charge in [-0.15, -0.1) is 0 Å². The maximum absolute atomic E-state index is 13.1. The van der Waals surface area contributed by atoms with Gasteiger partial charge < -0.3 is 23.3 Å². The molecule has 9 heteroatoms. The molecule has 0 aliphatic rings. The minimum absolute atomic E-state index is 0.0292. The van der Waals surface area contributed by atoms with E-state index in [0.29, 0.717) is 16.5 Å². The lowest BCUT2D eigenvalue weighted by Gasteiger charge is -2.20. The minimum atomic E-state index is -3.90. The summed E-state index contributed by atoms with van der Waals surface area (Å²) in [4.78, 5) is 23.7. The summed E-state index contributed by atoms with van der Waals surface area (Å²) in [6.45, 7) is 6.72. The first kappa shape index (κ1) is 21.4. The largest absolute Gasteiger partial charge is 0.497 e. The number of hydrogen-bond acceptors (Lipinski definition) is 8. The molecular weight excluding hydrogens is 387 g/mol. The number of benzene rings is 2. The summed E-state index contributed by atoms with van der Waals surface area (Å²) in [5, 5.41) is 0.579. The van der Waals surface area contributed by atoms with Crippen molar-refractivity contribution in [3.05, 3.63) is 49.6 Å². The Labute approximate surface area is 161 Å². The SMILES string of the molecule is C=CC(=O)Oc1cc(P(=O)(OC)OC)c(OC(=O)C=C)c2ccc(OC)cc12. The van der Waals surface area contributed by atoms with Gasteiger partial charge in [-0.05, 0) is 18.2 Å². The lowest BCUT2D eigenvalue weighted by molar-refractivity contribution is -0.129. The third-order valence-corrected chi connectivity index (χ3v) is 5.64. The number of methoxy groups -OCH3 is 1. The Morgan fingerprint density at radius 2 is 1.54 bits per heavy atom. The van der Waals surface area contributed by atoms with Gasteiger partial charge in [0.15, 0.2) is 5.75 Å². The van der Waals surface area contributed by atoms with Gasteiger partial charge in [0.1, 0.15) is 16.8 Å². The average molecular weight is 406 g/mol. The molecule has 0 heterocycles. The molecule has 2 rings (SSSR count). The smallest absolute Gasteiger partial charge is 0.364 e. The summed E-state index contributed by atoms with van der Waals surface area (Å²) in [7, 11) is -0.0785. The molecular formula is C19H19O8P. The first-order valence-corrected chi connectivity index (χ1v) is 9.43. The highest BCUT2D eigenvalue weighted by Crippen LogP contribution is 2.51. The average Bonchev–Trinajstić information content (AvgIpc) is 2.73. The van der Waals surface area contributed by atoms with Crippen LogP contribution in [0.1, 0.15) is 0 Å². The van der Waals surface area contributed by atoms with Crippen LogP contribution in [0.3, 0.4) is 0 Å². The van der Waals surface area contributed by atoms with E-state index in [-0.39, 0.29) is 16.8 Å². The molecule has 0 amide bonds. The Morgan fingerprint density at radius 1 is 0.929 bits per heavy atom. The second-order valence-corrected chi connectivity index (χ2v) is 7.45. The highest BCUT2D eigenvalue weighted by Gasteiger charge is 2.33. The summed E-state index contributed by atoms with van der Waals surface area (Å²) >= 11 is 0. The molecule has 28 heavy (non-hydrogen) atoms. The van der Waals surface area contributed by atoms with Crippen molar-refractivity contribution in [1.29, 1.82) is 0 Å². The van der Waals surface area contributed by atoms with Crippen LogP contribution < -0.4 is 19.5 Å². The van der Waals surface area contributed by atoms with Crippen LogP contribution in [0.15, 0.2) is 49.6 Å². The van der Waals surface area contributed by atoms with Crippen LogP contribution in [0.4, 0.5) is 0 Å². The number of carbonyl (C=O) groups excluding carboxylic acids is 2. The molecule has 0 saturated carbocycles. The van der Waals surface area contributed by atoms with Crippen molar-refractivity contribution < 1.29 is 37.4 Å². The van der Waals surface area contributed by atoms with E-state index < -0.39 is 19.5 Å². The maximum atomic E-state index is 13.1. The summed E-state index contributed by atoms with van der Waals surface area (Å²) in [6, 6.07) is 5.98. The fraction of sp³-hybridized carbons (Fsp3) is 0.158. The quantitative estimate of drug-likeness (QED) is 0.285. The van der Waals surface area contributed by atoms with Crippen LogP contribution in [-0.2, 0) is 23.2 Å². The number of esters is 2. The zero-order valence-corrected chi connectivity index (χ0v) is 16.5. The van der Waals surface area contributed by atoms with Gasteiger partial charge in [-0.1, -0.05) is 13.2 Å². The molecule has 0 aromatic heterocycles. The molecule has 8 nitrogen and oxygen atoms in total. The van der Waals surface area contributed by atoms with E-state index in [9.17, 15) is 14.2 Å². The Kier molecular flexibility index (Phi) is 6.75. The van der Waals surface area contributed by atoms with Gasteiger partial charge in [0.25, 0.3) is 0 Å². The van der Waals surface area contributed by atoms with Gasteiger partial charge in [0.05, 0.1) is 7.11 Å². The molecule has 0 unspecified atom stereocenters. The third-order valence-electron chi connectivity index (χ3n) is 3.76. The van der Waals surface area contributed by atoms with Crippen LogP contribution in [0.25, 0.3) is 10.8 Å². The van der Waals surface area contributed by atoms with E-state index in [1.165, 1.54) is 27.4 Å². The fourth-order valence-corrected chi connectivity index (χ4v) is 3.65. The minimum Gasteiger partial charge on any atom is -0.497 e. The zero-order chi connectivity index (χ0) is 20.9. The number of fused-ring (bicyclic) bond motifs is 1. The van der Waals surface area contributed by atoms with Crippen molar-refractivity contribution in [2.24, 2.45) is 0 Å². The van der Waals surface area contributed by atoms with Gasteiger partial charge in [-0.2, -0.15) is 0 Å². The van der Waals surface area contributed by atoms with Crippen LogP contribution in [0.5, 0.6) is 17.2 Å². The maximum Gasteiger partial charge on any atom is 0.364 e. The van der Waals surface area contributed by atoms with Crippen molar-refractivity contribution in [2.45, 2.75) is 0 Å². The van der Waals surface area contributed by atoms with E-state index in [2.05, 4.69) is 13.2 Å². The fourth-order valence-electron chi connectivity index (χ4n) is 2.42. The second-order valence-electron chi connectivity index (χ2n) is 5.25. The molecule has 0 aliphatic heterocycles. The monoisotopic (exact) mass is 406 g/mol. The number of carbonyl (C=O) groups is 2. The Balaban J connectivity index is 2.94. The second kappa shape index (κ2) is 8.84. The van der Waals surface area contributed by atoms with E-state index in [4.69, 9.17) is 23.3 Å². The normalized spacial score (nSPS) is 11.0. The summed E-state index contributed by atoms with van der Waals surface area (Å²) in [5.74, 6) is -1.11. The number of ether oxygens (including phenoxy) is 3. The van der Waals surface area contributed by atoms with Crippen LogP contribution in [-0.4, -0.2) is 33.3 Å². The van der Waals surface area contributed by atoms with E-state index in [1.807, 2.05) is 0 Å². The summed E-state index contributed by atoms with van der Waals surface area (Å²) < 4.78 is 39.0. The molecule has 148 valence electrons. The molecule has 0 saturated heterocycles. The van der Waals surface area contributed by atoms with E-state index >= 15 is 0 Å². The Hall–Kier alpha value is -2.93. The van der Waals surface area contributed by atoms with E-state index in [1.54, 1.807) is 18.2 Å². The zero-order valence-electron chi connectivity index (χ0n) is 15.6. The van der Waals surface area contributed by atoms with Crippen molar-refractivity contribution >= 4 is 35.6 Å². The standard InChI is InChI=1S/C19H19O8P/c1-6-17(20)26-15-11-16(28(22,24-4)25-5)19(27-18(21)7-2)13-9-8-12(23-3)10-14(13)15/h6-11H,1-2H2,3-5H3.